The molecule has 0 spiro atoms. The molecule has 0 aliphatic carbocycles. The number of benzene rings is 4. The van der Waals surface area contributed by atoms with Gasteiger partial charge in [0.15, 0.2) is 17.3 Å². The Morgan fingerprint density at radius 2 is 1.84 bits per heavy atom. The molecule has 0 amide bonds. The Labute approximate surface area is 250 Å². The number of para-hydroxylation sites is 2. The van der Waals surface area contributed by atoms with E-state index in [2.05, 4.69) is 26.0 Å². The van der Waals surface area contributed by atoms with Crippen molar-refractivity contribution >= 4 is 49.7 Å². The summed E-state index contributed by atoms with van der Waals surface area (Å²) in [6.45, 7) is 0.198. The van der Waals surface area contributed by atoms with Crippen molar-refractivity contribution in [3.63, 3.8) is 0 Å². The van der Waals surface area contributed by atoms with Crippen LogP contribution in [0.1, 0.15) is 11.1 Å². The van der Waals surface area contributed by atoms with Crippen molar-refractivity contribution in [2.24, 2.45) is 5.10 Å². The minimum absolute atomic E-state index is 0.0484. The normalized spacial score (nSPS) is 12.4. The van der Waals surface area contributed by atoms with Gasteiger partial charge in [0.05, 0.1) is 26.5 Å². The van der Waals surface area contributed by atoms with Gasteiger partial charge in [0.2, 0.25) is 18.4 Å². The highest BCUT2D eigenvalue weighted by Crippen LogP contribution is 2.38. The first-order chi connectivity index (χ1) is 20.9. The molecule has 6 aromatic rings. The zero-order valence-electron chi connectivity index (χ0n) is 22.1. The molecule has 0 unspecified atom stereocenters. The Morgan fingerprint density at radius 1 is 1.02 bits per heavy atom. The van der Waals surface area contributed by atoms with Crippen molar-refractivity contribution in [3.8, 4) is 28.8 Å². The van der Waals surface area contributed by atoms with Gasteiger partial charge in [0.25, 0.3) is 5.56 Å². The highest BCUT2D eigenvalue weighted by atomic mass is 79.9. The van der Waals surface area contributed by atoms with Gasteiger partial charge in [0, 0.05) is 17.0 Å². The van der Waals surface area contributed by atoms with E-state index >= 15 is 0 Å². The highest BCUT2D eigenvalue weighted by Gasteiger charge is 2.22. The smallest absolute Gasteiger partial charge is 0.312 e. The molecule has 2 aromatic heterocycles. The van der Waals surface area contributed by atoms with Crippen LogP contribution in [0, 0.1) is 10.1 Å². The number of nitrogens with zero attached hydrogens (tertiary/aromatic N) is 4. The predicted molar refractivity (Wildman–Crippen MR) is 162 cm³/mol. The van der Waals surface area contributed by atoms with E-state index in [0.29, 0.717) is 43.8 Å². The summed E-state index contributed by atoms with van der Waals surface area (Å²) < 4.78 is 24.0. The molecule has 12 heteroatoms. The second kappa shape index (κ2) is 10.7. The fraction of sp³-hybridized carbons (Fsp3) is 0.0645. The van der Waals surface area contributed by atoms with Crippen molar-refractivity contribution in [3.05, 3.63) is 121 Å². The van der Waals surface area contributed by atoms with Crippen molar-refractivity contribution in [2.75, 3.05) is 6.79 Å². The van der Waals surface area contributed by atoms with Gasteiger partial charge in [-0.25, -0.2) is 4.98 Å². The average Bonchev–Trinajstić information content (AvgIpc) is 3.66. The summed E-state index contributed by atoms with van der Waals surface area (Å²) in [5, 5.41) is 17.7. The summed E-state index contributed by atoms with van der Waals surface area (Å²) in [4.78, 5) is 29.7. The third-order valence-electron chi connectivity index (χ3n) is 6.79. The van der Waals surface area contributed by atoms with Gasteiger partial charge in [-0.3, -0.25) is 14.9 Å². The van der Waals surface area contributed by atoms with E-state index in [-0.39, 0.29) is 30.7 Å². The third-order valence-corrected chi connectivity index (χ3v) is 7.37. The Hall–Kier alpha value is -5.49. The molecule has 1 aliphatic rings. The molecule has 0 saturated carbocycles. The van der Waals surface area contributed by atoms with E-state index in [0.717, 1.165) is 15.6 Å². The van der Waals surface area contributed by atoms with E-state index in [1.54, 1.807) is 54.6 Å². The van der Waals surface area contributed by atoms with E-state index < -0.39 is 10.5 Å². The molecule has 0 radical (unpaired) electrons. The van der Waals surface area contributed by atoms with Crippen LogP contribution < -0.4 is 19.8 Å². The number of fused-ring (bicyclic) bond motifs is 3. The molecule has 0 N–H and O–H groups in total. The van der Waals surface area contributed by atoms with Crippen molar-refractivity contribution in [2.45, 2.75) is 6.61 Å². The van der Waals surface area contributed by atoms with E-state index in [9.17, 15) is 14.9 Å². The van der Waals surface area contributed by atoms with Crippen LogP contribution in [0.5, 0.6) is 17.2 Å². The van der Waals surface area contributed by atoms with Gasteiger partial charge in [0.1, 0.15) is 12.2 Å². The summed E-state index contributed by atoms with van der Waals surface area (Å²) in [5.41, 5.74) is 1.51. The van der Waals surface area contributed by atoms with E-state index in [1.807, 2.05) is 24.3 Å². The molecule has 11 nitrogen and oxygen atoms in total. The van der Waals surface area contributed by atoms with Gasteiger partial charge in [-0.15, -0.1) is 0 Å². The number of ether oxygens (including phenoxy) is 3. The quantitative estimate of drug-likeness (QED) is 0.108. The maximum atomic E-state index is 13.6. The monoisotopic (exact) mass is 638 g/mol. The number of nitro benzene ring substituents is 1. The number of aromatic nitrogens is 2. The lowest BCUT2D eigenvalue weighted by molar-refractivity contribution is -0.386. The molecule has 0 atom stereocenters. The molecule has 7 rings (SSSR count). The van der Waals surface area contributed by atoms with Crippen molar-refractivity contribution in [1.82, 2.24) is 9.66 Å². The lowest BCUT2D eigenvalue weighted by Crippen LogP contribution is -2.20. The fourth-order valence-electron chi connectivity index (χ4n) is 4.75. The number of hydrogen-bond donors (Lipinski definition) is 0. The van der Waals surface area contributed by atoms with Crippen LogP contribution in [0.4, 0.5) is 5.69 Å². The van der Waals surface area contributed by atoms with Gasteiger partial charge >= 0.3 is 5.69 Å². The van der Waals surface area contributed by atoms with Gasteiger partial charge in [-0.1, -0.05) is 36.4 Å². The van der Waals surface area contributed by atoms with Crippen LogP contribution in [0.25, 0.3) is 33.5 Å². The number of halogens is 1. The zero-order valence-corrected chi connectivity index (χ0v) is 23.7. The van der Waals surface area contributed by atoms with Gasteiger partial charge in [-0.2, -0.15) is 9.78 Å². The maximum Gasteiger partial charge on any atom is 0.312 e. The first kappa shape index (κ1) is 26.4. The van der Waals surface area contributed by atoms with Gasteiger partial charge < -0.3 is 18.6 Å². The van der Waals surface area contributed by atoms with Crippen LogP contribution in [0.2, 0.25) is 0 Å². The number of furan rings is 1. The molecule has 1 aliphatic heterocycles. The van der Waals surface area contributed by atoms with E-state index in [4.69, 9.17) is 18.6 Å². The standard InChI is InChI=1S/C31H19BrN4O7/c32-22-11-19(12-24(36(38)39)29(22)40-16-18-9-10-26-27(13-18)42-17-41-26)15-33-35-30(28-14-20-5-1-4-8-25(20)43-28)34-23-7-3-2-6-21(23)31(35)37/h1-15H,16-17H2. The van der Waals surface area contributed by atoms with Crippen molar-refractivity contribution in [1.29, 1.82) is 0 Å². The Kier molecular flexibility index (Phi) is 6.59. The SMILES string of the molecule is O=c1c2ccccc2nc(-c2cc3ccccc3o2)n1N=Cc1cc(Br)c(OCc2ccc3c(c2)OCO3)c([N+](=O)[O-])c1. The van der Waals surface area contributed by atoms with Crippen LogP contribution in [0.3, 0.4) is 0 Å². The Morgan fingerprint density at radius 3 is 2.70 bits per heavy atom. The molecular weight excluding hydrogens is 620 g/mol. The second-order valence-corrected chi connectivity index (χ2v) is 10.4. The summed E-state index contributed by atoms with van der Waals surface area (Å²) in [6.07, 6.45) is 1.35. The fourth-order valence-corrected chi connectivity index (χ4v) is 5.33. The molecule has 4 aromatic carbocycles. The second-order valence-electron chi connectivity index (χ2n) is 9.55. The lowest BCUT2D eigenvalue weighted by Gasteiger charge is -2.10. The van der Waals surface area contributed by atoms with Gasteiger partial charge in [-0.05, 0) is 64.0 Å². The first-order valence-corrected chi connectivity index (χ1v) is 13.8. The Balaban J connectivity index is 1.26. The van der Waals surface area contributed by atoms with Crippen LogP contribution in [-0.4, -0.2) is 27.6 Å². The number of hydrogen-bond acceptors (Lipinski definition) is 9. The van der Waals surface area contributed by atoms with Crippen molar-refractivity contribution < 1.29 is 23.6 Å². The topological polar surface area (TPSA) is 131 Å². The Bertz CT molecular complexity index is 2120. The highest BCUT2D eigenvalue weighted by molar-refractivity contribution is 9.10. The summed E-state index contributed by atoms with van der Waals surface area (Å²) in [5.74, 6) is 1.80. The summed E-state index contributed by atoms with van der Waals surface area (Å²) in [6, 6.07) is 24.4. The molecule has 3 heterocycles. The third kappa shape index (κ3) is 4.97. The molecule has 0 saturated heterocycles. The van der Waals surface area contributed by atoms with Crippen LogP contribution in [0.15, 0.2) is 104 Å². The van der Waals surface area contributed by atoms with E-state index in [1.165, 1.54) is 12.3 Å². The predicted octanol–water partition coefficient (Wildman–Crippen LogP) is 6.67. The lowest BCUT2D eigenvalue weighted by atomic mass is 10.2. The minimum atomic E-state index is -0.541. The average molecular weight is 639 g/mol. The van der Waals surface area contributed by atoms with Crippen LogP contribution >= 0.6 is 15.9 Å². The molecule has 43 heavy (non-hydrogen) atoms. The maximum absolute atomic E-state index is 13.6. The first-order valence-electron chi connectivity index (χ1n) is 13.0. The number of rotatable bonds is 7. The van der Waals surface area contributed by atoms with Crippen LogP contribution in [-0.2, 0) is 6.61 Å². The number of nitro groups is 1. The summed E-state index contributed by atoms with van der Waals surface area (Å²) in [7, 11) is 0. The molecule has 0 bridgehead atoms. The molecule has 0 fully saturated rings. The largest absolute Gasteiger partial charge is 0.481 e. The molecule has 212 valence electrons. The summed E-state index contributed by atoms with van der Waals surface area (Å²) >= 11 is 3.40. The zero-order chi connectivity index (χ0) is 29.5. The minimum Gasteiger partial charge on any atom is -0.481 e. The molecular formula is C31H19BrN4O7.